The third-order valence-electron chi connectivity index (χ3n) is 0.517. The van der Waals surface area contributed by atoms with E-state index in [1.165, 1.54) is 0 Å². The fraction of sp³-hybridized carbons (Fsp3) is 0.333. The van der Waals surface area contributed by atoms with Crippen LogP contribution in [0.1, 0.15) is 0 Å². The van der Waals surface area contributed by atoms with Crippen LogP contribution in [-0.4, -0.2) is 9.80 Å². The van der Waals surface area contributed by atoms with Gasteiger partial charge in [0, 0.05) is 22.3 Å². The van der Waals surface area contributed by atoms with Crippen molar-refractivity contribution in [2.24, 2.45) is 0 Å². The number of nitrogens with zero attached hydrogens (tertiary/aromatic N) is 1. The van der Waals surface area contributed by atoms with Crippen LogP contribution < -0.4 is 0 Å². The van der Waals surface area contributed by atoms with Crippen LogP contribution in [0.3, 0.4) is 0 Å². The zero-order chi connectivity index (χ0) is 4.41. The van der Waals surface area contributed by atoms with E-state index in [2.05, 4.69) is 21.6 Å². The van der Waals surface area contributed by atoms with Crippen LogP contribution in [0.4, 0.5) is 0 Å². The molecule has 0 aromatic heterocycles. The van der Waals surface area contributed by atoms with Crippen molar-refractivity contribution in [3.05, 3.63) is 11.6 Å². The topological polar surface area (TPSA) is 3.24 Å². The minimum atomic E-state index is 1.04. The third-order valence-corrected chi connectivity index (χ3v) is 2.08. The molecule has 0 saturated carbocycles. The highest BCUT2D eigenvalue weighted by molar-refractivity contribution is 9.07. The van der Waals surface area contributed by atoms with Crippen LogP contribution >= 0.6 is 27.9 Å². The lowest BCUT2D eigenvalue weighted by Crippen LogP contribution is -1.92. The summed E-state index contributed by atoms with van der Waals surface area (Å²) in [6, 6.07) is 0. The van der Waals surface area contributed by atoms with E-state index < -0.39 is 0 Å². The largest absolute Gasteiger partial charge is 0.305 e. The molecule has 0 N–H and O–H groups in total. The highest BCUT2D eigenvalue weighted by Crippen LogP contribution is 2.17. The summed E-state index contributed by atoms with van der Waals surface area (Å²) in [5.41, 5.74) is 0. The average molecular weight is 166 g/mol. The van der Waals surface area contributed by atoms with Gasteiger partial charge in [-0.2, -0.15) is 0 Å². The molecule has 0 bridgehead atoms. The van der Waals surface area contributed by atoms with Crippen molar-refractivity contribution in [2.75, 3.05) is 5.88 Å². The van der Waals surface area contributed by atoms with Crippen molar-refractivity contribution in [1.29, 1.82) is 0 Å². The minimum absolute atomic E-state index is 1.04. The van der Waals surface area contributed by atoms with E-state index in [4.69, 9.17) is 0 Å². The monoisotopic (exact) mass is 165 g/mol. The number of rotatable bonds is 0. The van der Waals surface area contributed by atoms with E-state index in [1.807, 2.05) is 10.1 Å². The molecule has 3 heteroatoms. The molecule has 1 rings (SSSR count). The van der Waals surface area contributed by atoms with Crippen LogP contribution in [0.15, 0.2) is 11.6 Å². The van der Waals surface area contributed by atoms with Crippen LogP contribution in [0, 0.1) is 0 Å². The first-order valence-electron chi connectivity index (χ1n) is 1.60. The SMILES string of the molecule is BrN1C=CSC1. The smallest absolute Gasteiger partial charge is 0.0785 e. The Bertz CT molecular complexity index is 73.2. The summed E-state index contributed by atoms with van der Waals surface area (Å²) >= 11 is 5.04. The summed E-state index contributed by atoms with van der Waals surface area (Å²) < 4.78 is 1.96. The van der Waals surface area contributed by atoms with Crippen molar-refractivity contribution >= 4 is 27.9 Å². The van der Waals surface area contributed by atoms with Gasteiger partial charge in [0.2, 0.25) is 0 Å². The Morgan fingerprint density at radius 3 is 2.83 bits per heavy atom. The molecule has 1 nitrogen and oxygen atoms in total. The quantitative estimate of drug-likeness (QED) is 0.504. The summed E-state index contributed by atoms with van der Waals surface area (Å²) in [5.74, 6) is 1.04. The predicted molar refractivity (Wildman–Crippen MR) is 32.4 cm³/mol. The second-order valence-corrected chi connectivity index (χ2v) is 2.76. The fourth-order valence-corrected chi connectivity index (χ4v) is 1.44. The summed E-state index contributed by atoms with van der Waals surface area (Å²) in [4.78, 5) is 0. The molecule has 0 spiro atoms. The maximum atomic E-state index is 3.26. The van der Waals surface area contributed by atoms with Gasteiger partial charge in [-0.15, -0.1) is 11.8 Å². The van der Waals surface area contributed by atoms with E-state index in [1.54, 1.807) is 11.8 Å². The molecule has 0 aromatic rings. The summed E-state index contributed by atoms with van der Waals surface area (Å²) in [6.07, 6.45) is 1.99. The third kappa shape index (κ3) is 0.914. The first kappa shape index (κ1) is 4.53. The van der Waals surface area contributed by atoms with Gasteiger partial charge in [-0.05, 0) is 5.41 Å². The lowest BCUT2D eigenvalue weighted by atomic mass is 11.0. The van der Waals surface area contributed by atoms with Crippen molar-refractivity contribution in [3.8, 4) is 0 Å². The van der Waals surface area contributed by atoms with E-state index in [-0.39, 0.29) is 0 Å². The lowest BCUT2D eigenvalue weighted by molar-refractivity contribution is 0.787. The summed E-state index contributed by atoms with van der Waals surface area (Å²) in [7, 11) is 0. The maximum absolute atomic E-state index is 3.26. The van der Waals surface area contributed by atoms with Crippen molar-refractivity contribution in [1.82, 2.24) is 3.93 Å². The first-order chi connectivity index (χ1) is 2.89. The molecule has 1 aliphatic heterocycles. The Morgan fingerprint density at radius 2 is 2.67 bits per heavy atom. The molecular formula is C3H4BrNS. The molecule has 1 aliphatic rings. The lowest BCUT2D eigenvalue weighted by Gasteiger charge is -1.97. The van der Waals surface area contributed by atoms with Gasteiger partial charge in [-0.25, -0.2) is 0 Å². The van der Waals surface area contributed by atoms with E-state index in [0.717, 1.165) is 5.88 Å². The summed E-state index contributed by atoms with van der Waals surface area (Å²) in [6.45, 7) is 0. The molecule has 0 aliphatic carbocycles. The zero-order valence-corrected chi connectivity index (χ0v) is 5.50. The molecule has 0 saturated heterocycles. The predicted octanol–water partition coefficient (Wildman–Crippen LogP) is 1.77. The van der Waals surface area contributed by atoms with Crippen LogP contribution in [0.5, 0.6) is 0 Å². The van der Waals surface area contributed by atoms with Gasteiger partial charge in [0.1, 0.15) is 0 Å². The highest BCUT2D eigenvalue weighted by atomic mass is 79.9. The molecular weight excluding hydrogens is 162 g/mol. The first-order valence-corrected chi connectivity index (χ1v) is 3.36. The Hall–Kier alpha value is 0.370. The van der Waals surface area contributed by atoms with E-state index in [9.17, 15) is 0 Å². The molecule has 34 valence electrons. The number of thioether (sulfide) groups is 1. The van der Waals surface area contributed by atoms with Gasteiger partial charge in [0.15, 0.2) is 0 Å². The van der Waals surface area contributed by atoms with Gasteiger partial charge in [-0.3, -0.25) is 0 Å². The van der Waals surface area contributed by atoms with Crippen molar-refractivity contribution in [2.45, 2.75) is 0 Å². The normalized spacial score (nSPS) is 19.8. The second kappa shape index (κ2) is 1.89. The van der Waals surface area contributed by atoms with Gasteiger partial charge in [0.05, 0.1) is 5.88 Å². The fourth-order valence-electron chi connectivity index (χ4n) is 0.266. The van der Waals surface area contributed by atoms with Gasteiger partial charge in [-0.1, -0.05) is 0 Å². The number of halogens is 1. The molecule has 0 amide bonds. The minimum Gasteiger partial charge on any atom is -0.305 e. The number of hydrogen-bond donors (Lipinski definition) is 0. The zero-order valence-electron chi connectivity index (χ0n) is 3.10. The molecule has 0 unspecified atom stereocenters. The molecule has 6 heavy (non-hydrogen) atoms. The molecule has 1 heterocycles. The van der Waals surface area contributed by atoms with Gasteiger partial charge in [0.25, 0.3) is 0 Å². The van der Waals surface area contributed by atoms with Gasteiger partial charge >= 0.3 is 0 Å². The Kier molecular flexibility index (Phi) is 1.42. The van der Waals surface area contributed by atoms with E-state index in [0.29, 0.717) is 0 Å². The standard InChI is InChI=1S/C3H4BrNS/c4-5-1-2-6-3-5/h1-2H,3H2. The highest BCUT2D eigenvalue weighted by Gasteiger charge is 1.95. The van der Waals surface area contributed by atoms with Crippen LogP contribution in [-0.2, 0) is 0 Å². The number of hydrogen-bond acceptors (Lipinski definition) is 2. The molecule has 0 radical (unpaired) electrons. The molecule has 0 aromatic carbocycles. The van der Waals surface area contributed by atoms with E-state index >= 15 is 0 Å². The summed E-state index contributed by atoms with van der Waals surface area (Å²) in [5, 5.41) is 2.05. The van der Waals surface area contributed by atoms with Crippen LogP contribution in [0.25, 0.3) is 0 Å². The Morgan fingerprint density at radius 1 is 1.83 bits per heavy atom. The Balaban J connectivity index is 2.38. The van der Waals surface area contributed by atoms with Crippen molar-refractivity contribution in [3.63, 3.8) is 0 Å². The molecule has 0 fully saturated rings. The van der Waals surface area contributed by atoms with Crippen LogP contribution in [0.2, 0.25) is 0 Å². The van der Waals surface area contributed by atoms with Crippen molar-refractivity contribution < 1.29 is 0 Å². The average Bonchev–Trinajstić information content (AvgIpc) is 1.86. The van der Waals surface area contributed by atoms with Gasteiger partial charge < -0.3 is 3.93 Å². The maximum Gasteiger partial charge on any atom is 0.0785 e. The Labute approximate surface area is 49.7 Å². The molecule has 0 atom stereocenters. The second-order valence-electron chi connectivity index (χ2n) is 0.981.